The molecule has 2 heterocycles. The normalized spacial score (nSPS) is 10.9. The van der Waals surface area contributed by atoms with E-state index < -0.39 is 0 Å². The average Bonchev–Trinajstić information content (AvgIpc) is 2.73. The number of hydrogen-bond donors (Lipinski definition) is 1. The number of pyridine rings is 1. The topological polar surface area (TPSA) is 59.2 Å². The Kier molecular flexibility index (Phi) is 4.04. The van der Waals surface area contributed by atoms with Crippen molar-refractivity contribution in [1.29, 1.82) is 0 Å². The molecule has 0 aliphatic rings. The van der Waals surface area contributed by atoms with Crippen LogP contribution in [0.3, 0.4) is 0 Å². The number of hydrogen-bond acceptors (Lipinski definition) is 5. The molecule has 0 amide bonds. The minimum atomic E-state index is 0.00246. The lowest BCUT2D eigenvalue weighted by atomic mass is 10.2. The quantitative estimate of drug-likeness (QED) is 0.852. The van der Waals surface area contributed by atoms with Gasteiger partial charge in [-0.15, -0.1) is 11.3 Å². The third kappa shape index (κ3) is 2.56. The Morgan fingerprint density at radius 2 is 2.26 bits per heavy atom. The second kappa shape index (κ2) is 5.57. The van der Waals surface area contributed by atoms with Gasteiger partial charge in [-0.25, -0.2) is 4.98 Å². The summed E-state index contributed by atoms with van der Waals surface area (Å²) < 4.78 is 0. The lowest BCUT2D eigenvalue weighted by Crippen LogP contribution is -2.18. The van der Waals surface area contributed by atoms with E-state index in [2.05, 4.69) is 23.9 Å². The van der Waals surface area contributed by atoms with Crippen molar-refractivity contribution in [3.05, 3.63) is 17.1 Å². The maximum Gasteiger partial charge on any atom is 0.171 e. The maximum atomic E-state index is 11.6. The molecule has 2 aromatic rings. The van der Waals surface area contributed by atoms with Crippen LogP contribution in [0.1, 0.15) is 36.4 Å². The monoisotopic (exact) mass is 277 g/mol. The van der Waals surface area contributed by atoms with Crippen LogP contribution in [0.5, 0.6) is 0 Å². The van der Waals surface area contributed by atoms with Gasteiger partial charge in [-0.05, 0) is 12.5 Å². The van der Waals surface area contributed by atoms with Crippen LogP contribution in [0.25, 0.3) is 10.2 Å². The zero-order chi connectivity index (χ0) is 14.0. The Bertz CT molecular complexity index is 606. The average molecular weight is 277 g/mol. The van der Waals surface area contributed by atoms with Gasteiger partial charge >= 0.3 is 0 Å². The lowest BCUT2D eigenvalue weighted by molar-refractivity contribution is 0.102. The summed E-state index contributed by atoms with van der Waals surface area (Å²) in [5.74, 6) is 0.00246. The van der Waals surface area contributed by atoms with E-state index in [-0.39, 0.29) is 5.78 Å². The number of carbonyl (C=O) groups excluding carboxylic acids is 1. The zero-order valence-corrected chi connectivity index (χ0v) is 12.4. The molecule has 5 heteroatoms. The van der Waals surface area contributed by atoms with Gasteiger partial charge in [0.1, 0.15) is 4.83 Å². The van der Waals surface area contributed by atoms with Crippen molar-refractivity contribution in [1.82, 2.24) is 4.98 Å². The van der Waals surface area contributed by atoms with Crippen LogP contribution < -0.4 is 10.6 Å². The first-order valence-corrected chi connectivity index (χ1v) is 7.27. The largest absolute Gasteiger partial charge is 0.397 e. The molecule has 0 bridgehead atoms. The van der Waals surface area contributed by atoms with Crippen molar-refractivity contribution in [2.24, 2.45) is 0 Å². The Balaban J connectivity index is 2.53. The van der Waals surface area contributed by atoms with E-state index in [1.165, 1.54) is 11.3 Å². The van der Waals surface area contributed by atoms with Crippen LogP contribution in [-0.2, 0) is 0 Å². The van der Waals surface area contributed by atoms with Crippen molar-refractivity contribution < 1.29 is 4.79 Å². The second-order valence-corrected chi connectivity index (χ2v) is 5.69. The van der Waals surface area contributed by atoms with E-state index in [1.54, 1.807) is 13.1 Å². The Hall–Kier alpha value is -1.62. The minimum Gasteiger partial charge on any atom is -0.397 e. The summed E-state index contributed by atoms with van der Waals surface area (Å²) >= 11 is 1.38. The number of fused-ring (bicyclic) bond motifs is 1. The molecule has 0 saturated carbocycles. The molecule has 0 radical (unpaired) electrons. The first kappa shape index (κ1) is 13.8. The predicted molar refractivity (Wildman–Crippen MR) is 82.2 cm³/mol. The fourth-order valence-corrected chi connectivity index (χ4v) is 3.10. The fraction of sp³-hybridized carbons (Fsp3) is 0.429. The first-order valence-electron chi connectivity index (χ1n) is 6.45. The number of unbranched alkanes of at least 4 members (excludes halogenated alkanes) is 1. The molecule has 0 atom stereocenters. The third-order valence-electron chi connectivity index (χ3n) is 3.18. The highest BCUT2D eigenvalue weighted by Gasteiger charge is 2.18. The smallest absolute Gasteiger partial charge is 0.171 e. The molecule has 0 aliphatic carbocycles. The van der Waals surface area contributed by atoms with Crippen LogP contribution in [0, 0.1) is 0 Å². The summed E-state index contributed by atoms with van der Waals surface area (Å²) in [6, 6.07) is 1.96. The van der Waals surface area contributed by atoms with Crippen molar-refractivity contribution in [2.45, 2.75) is 26.7 Å². The number of thiophene rings is 1. The number of carbonyl (C=O) groups is 1. The van der Waals surface area contributed by atoms with Crippen LogP contribution in [0.4, 0.5) is 11.4 Å². The number of Topliss-reactive ketones (excluding diaryl/α,β-unsaturated/α-hetero) is 1. The van der Waals surface area contributed by atoms with Gasteiger partial charge in [-0.3, -0.25) is 4.79 Å². The SMILES string of the molecule is CCCCN(C)c1ccnc2sc(C(C)=O)c(N)c12. The van der Waals surface area contributed by atoms with E-state index in [0.717, 1.165) is 35.3 Å². The Labute approximate surface area is 117 Å². The number of aromatic nitrogens is 1. The Morgan fingerprint density at radius 3 is 2.89 bits per heavy atom. The molecule has 2 N–H and O–H groups in total. The molecule has 2 rings (SSSR count). The van der Waals surface area contributed by atoms with E-state index in [1.807, 2.05) is 6.07 Å². The number of anilines is 2. The molecule has 0 saturated heterocycles. The molecular weight excluding hydrogens is 258 g/mol. The van der Waals surface area contributed by atoms with E-state index in [4.69, 9.17) is 5.73 Å². The molecule has 102 valence electrons. The maximum absolute atomic E-state index is 11.6. The first-order chi connectivity index (χ1) is 9.06. The summed E-state index contributed by atoms with van der Waals surface area (Å²) in [5.41, 5.74) is 7.75. The van der Waals surface area contributed by atoms with Crippen molar-refractivity contribution >= 4 is 38.7 Å². The molecule has 0 fully saturated rings. The van der Waals surface area contributed by atoms with Gasteiger partial charge < -0.3 is 10.6 Å². The molecule has 0 aromatic carbocycles. The number of ketones is 1. The van der Waals surface area contributed by atoms with Gasteiger partial charge in [-0.1, -0.05) is 13.3 Å². The van der Waals surface area contributed by atoms with E-state index in [9.17, 15) is 4.79 Å². The summed E-state index contributed by atoms with van der Waals surface area (Å²) in [4.78, 5) is 19.5. The van der Waals surface area contributed by atoms with E-state index >= 15 is 0 Å². The van der Waals surface area contributed by atoms with Crippen molar-refractivity contribution in [3.8, 4) is 0 Å². The molecule has 4 nitrogen and oxygen atoms in total. The van der Waals surface area contributed by atoms with Crippen LogP contribution >= 0.6 is 11.3 Å². The third-order valence-corrected chi connectivity index (χ3v) is 4.40. The number of rotatable bonds is 5. The molecule has 2 aromatic heterocycles. The number of nitrogens with zero attached hydrogens (tertiary/aromatic N) is 2. The highest BCUT2D eigenvalue weighted by Crippen LogP contribution is 2.38. The molecular formula is C14H19N3OS. The van der Waals surface area contributed by atoms with Gasteiger partial charge in [0.15, 0.2) is 5.78 Å². The van der Waals surface area contributed by atoms with Gasteiger partial charge in [0.25, 0.3) is 0 Å². The second-order valence-electron chi connectivity index (χ2n) is 4.69. The minimum absolute atomic E-state index is 0.00246. The van der Waals surface area contributed by atoms with Crippen LogP contribution in [-0.4, -0.2) is 24.4 Å². The van der Waals surface area contributed by atoms with Gasteiger partial charge in [0.05, 0.1) is 21.6 Å². The number of nitrogen functional groups attached to an aromatic ring is 1. The van der Waals surface area contributed by atoms with Gasteiger partial charge in [-0.2, -0.15) is 0 Å². The zero-order valence-electron chi connectivity index (χ0n) is 11.6. The summed E-state index contributed by atoms with van der Waals surface area (Å²) in [6.45, 7) is 4.69. The van der Waals surface area contributed by atoms with Gasteiger partial charge in [0.2, 0.25) is 0 Å². The van der Waals surface area contributed by atoms with Crippen LogP contribution in [0.15, 0.2) is 12.3 Å². The fourth-order valence-electron chi connectivity index (χ4n) is 2.12. The summed E-state index contributed by atoms with van der Waals surface area (Å²) in [7, 11) is 2.05. The Morgan fingerprint density at radius 1 is 1.53 bits per heavy atom. The molecule has 19 heavy (non-hydrogen) atoms. The van der Waals surface area contributed by atoms with Crippen molar-refractivity contribution in [2.75, 3.05) is 24.2 Å². The molecule has 0 unspecified atom stereocenters. The van der Waals surface area contributed by atoms with Crippen LogP contribution in [0.2, 0.25) is 0 Å². The predicted octanol–water partition coefficient (Wildman–Crippen LogP) is 3.32. The number of nitrogens with two attached hydrogens (primary N) is 1. The van der Waals surface area contributed by atoms with E-state index in [0.29, 0.717) is 10.6 Å². The summed E-state index contributed by atoms with van der Waals surface area (Å²) in [5, 5.41) is 0.913. The van der Waals surface area contributed by atoms with Crippen molar-refractivity contribution in [3.63, 3.8) is 0 Å². The highest BCUT2D eigenvalue weighted by atomic mass is 32.1. The van der Waals surface area contributed by atoms with Gasteiger partial charge in [0, 0.05) is 26.7 Å². The molecule has 0 spiro atoms. The highest BCUT2D eigenvalue weighted by molar-refractivity contribution is 7.21. The standard InChI is InChI=1S/C14H19N3OS/c1-4-5-8-17(3)10-6-7-16-14-11(10)12(15)13(19-14)9(2)18/h6-7H,4-5,8,15H2,1-3H3. The summed E-state index contributed by atoms with van der Waals surface area (Å²) in [6.07, 6.45) is 4.06. The molecule has 0 aliphatic heterocycles. The lowest BCUT2D eigenvalue weighted by Gasteiger charge is -2.20.